The standard InChI is InChI=1S/C17H15FN4O2/c1-11(23)14-4-2-3-5-15(14)19-17(24)16-10-22(21-20-16)13-8-6-12(18)7-9-13/h2-11,23H,1H3,(H,19,24). The Hall–Kier alpha value is -3.06. The lowest BCUT2D eigenvalue weighted by Gasteiger charge is -2.11. The van der Waals surface area contributed by atoms with Gasteiger partial charge in [-0.15, -0.1) is 5.10 Å². The maximum absolute atomic E-state index is 13.0. The zero-order valence-corrected chi connectivity index (χ0v) is 12.8. The number of hydrogen-bond donors (Lipinski definition) is 2. The molecule has 0 spiro atoms. The molecular weight excluding hydrogens is 311 g/mol. The average molecular weight is 326 g/mol. The normalized spacial score (nSPS) is 12.0. The number of hydrogen-bond acceptors (Lipinski definition) is 4. The van der Waals surface area contributed by atoms with Crippen LogP contribution in [0, 0.1) is 5.82 Å². The molecule has 0 aliphatic rings. The molecule has 1 heterocycles. The van der Waals surface area contributed by atoms with Gasteiger partial charge in [0.25, 0.3) is 5.91 Å². The van der Waals surface area contributed by atoms with Crippen molar-refractivity contribution >= 4 is 11.6 Å². The third-order valence-corrected chi connectivity index (χ3v) is 3.48. The van der Waals surface area contributed by atoms with Crippen LogP contribution in [0.1, 0.15) is 29.1 Å². The van der Waals surface area contributed by atoms with Crippen molar-refractivity contribution in [1.82, 2.24) is 15.0 Å². The van der Waals surface area contributed by atoms with E-state index in [1.54, 1.807) is 31.2 Å². The summed E-state index contributed by atoms with van der Waals surface area (Å²) in [5.74, 6) is -0.803. The molecule has 6 nitrogen and oxygen atoms in total. The minimum Gasteiger partial charge on any atom is -0.389 e. The molecule has 1 amide bonds. The summed E-state index contributed by atoms with van der Waals surface area (Å²) in [6, 6.07) is 12.6. The monoisotopic (exact) mass is 326 g/mol. The molecular formula is C17H15FN4O2. The van der Waals surface area contributed by atoms with E-state index in [2.05, 4.69) is 15.6 Å². The molecule has 2 N–H and O–H groups in total. The fourth-order valence-corrected chi connectivity index (χ4v) is 2.25. The van der Waals surface area contributed by atoms with Crippen molar-refractivity contribution in [3.05, 3.63) is 71.8 Å². The van der Waals surface area contributed by atoms with Gasteiger partial charge in [-0.05, 0) is 37.3 Å². The molecule has 0 aliphatic carbocycles. The molecule has 3 aromatic rings. The number of anilines is 1. The minimum atomic E-state index is -0.712. The summed E-state index contributed by atoms with van der Waals surface area (Å²) in [6.45, 7) is 1.62. The van der Waals surface area contributed by atoms with Crippen LogP contribution in [0.15, 0.2) is 54.7 Å². The maximum atomic E-state index is 13.0. The van der Waals surface area contributed by atoms with Gasteiger partial charge in [0, 0.05) is 11.3 Å². The molecule has 1 unspecified atom stereocenters. The third-order valence-electron chi connectivity index (χ3n) is 3.48. The van der Waals surface area contributed by atoms with E-state index in [1.165, 1.54) is 35.1 Å². The van der Waals surface area contributed by atoms with E-state index < -0.39 is 12.0 Å². The zero-order chi connectivity index (χ0) is 17.1. The molecule has 1 aromatic heterocycles. The largest absolute Gasteiger partial charge is 0.389 e. The lowest BCUT2D eigenvalue weighted by atomic mass is 10.1. The fourth-order valence-electron chi connectivity index (χ4n) is 2.25. The van der Waals surface area contributed by atoms with Crippen LogP contribution in [0.25, 0.3) is 5.69 Å². The van der Waals surface area contributed by atoms with Crippen LogP contribution < -0.4 is 5.32 Å². The van der Waals surface area contributed by atoms with Gasteiger partial charge in [0.2, 0.25) is 0 Å². The van der Waals surface area contributed by atoms with Crippen molar-refractivity contribution in [3.8, 4) is 5.69 Å². The second kappa shape index (κ2) is 6.59. The molecule has 0 saturated carbocycles. The highest BCUT2D eigenvalue weighted by molar-refractivity contribution is 6.03. The molecule has 0 fully saturated rings. The number of para-hydroxylation sites is 1. The van der Waals surface area contributed by atoms with Crippen molar-refractivity contribution in [3.63, 3.8) is 0 Å². The van der Waals surface area contributed by atoms with Crippen LogP contribution >= 0.6 is 0 Å². The summed E-state index contributed by atoms with van der Waals surface area (Å²) in [4.78, 5) is 12.3. The lowest BCUT2D eigenvalue weighted by Crippen LogP contribution is -2.14. The molecule has 122 valence electrons. The van der Waals surface area contributed by atoms with Gasteiger partial charge in [-0.2, -0.15) is 0 Å². The summed E-state index contributed by atoms with van der Waals surface area (Å²) in [7, 11) is 0. The molecule has 0 bridgehead atoms. The van der Waals surface area contributed by atoms with E-state index >= 15 is 0 Å². The molecule has 24 heavy (non-hydrogen) atoms. The van der Waals surface area contributed by atoms with E-state index in [0.717, 1.165) is 0 Å². The predicted octanol–water partition coefficient (Wildman–Crippen LogP) is 2.71. The first kappa shape index (κ1) is 15.8. The van der Waals surface area contributed by atoms with Crippen molar-refractivity contribution in [1.29, 1.82) is 0 Å². The highest BCUT2D eigenvalue weighted by Gasteiger charge is 2.15. The number of carbonyl (C=O) groups is 1. The number of nitrogens with zero attached hydrogens (tertiary/aromatic N) is 3. The summed E-state index contributed by atoms with van der Waals surface area (Å²) in [5.41, 5.74) is 1.82. The molecule has 0 saturated heterocycles. The minimum absolute atomic E-state index is 0.111. The Balaban J connectivity index is 1.81. The van der Waals surface area contributed by atoms with Gasteiger partial charge in [0.05, 0.1) is 18.0 Å². The predicted molar refractivity (Wildman–Crippen MR) is 86.3 cm³/mol. The number of rotatable bonds is 4. The van der Waals surface area contributed by atoms with Crippen LogP contribution in [-0.4, -0.2) is 26.0 Å². The van der Waals surface area contributed by atoms with Crippen molar-refractivity contribution in [2.45, 2.75) is 13.0 Å². The van der Waals surface area contributed by atoms with Gasteiger partial charge >= 0.3 is 0 Å². The van der Waals surface area contributed by atoms with Gasteiger partial charge in [-0.1, -0.05) is 23.4 Å². The number of aromatic nitrogens is 3. The molecule has 7 heteroatoms. The number of benzene rings is 2. The van der Waals surface area contributed by atoms with Crippen LogP contribution in [0.4, 0.5) is 10.1 Å². The Morgan fingerprint density at radius 2 is 1.92 bits per heavy atom. The number of aliphatic hydroxyl groups excluding tert-OH is 1. The highest BCUT2D eigenvalue weighted by atomic mass is 19.1. The summed E-state index contributed by atoms with van der Waals surface area (Å²) >= 11 is 0. The van der Waals surface area contributed by atoms with Crippen LogP contribution in [0.2, 0.25) is 0 Å². The lowest BCUT2D eigenvalue weighted by molar-refractivity contribution is 0.102. The number of amides is 1. The number of halogens is 1. The van der Waals surface area contributed by atoms with Crippen molar-refractivity contribution < 1.29 is 14.3 Å². The maximum Gasteiger partial charge on any atom is 0.277 e. The Labute approximate surface area is 137 Å². The first-order chi connectivity index (χ1) is 11.5. The molecule has 3 rings (SSSR count). The number of nitrogens with one attached hydrogen (secondary N) is 1. The number of aliphatic hydroxyl groups is 1. The van der Waals surface area contributed by atoms with E-state index in [9.17, 15) is 14.3 Å². The molecule has 0 radical (unpaired) electrons. The summed E-state index contributed by atoms with van der Waals surface area (Å²) in [5, 5.41) is 20.2. The smallest absolute Gasteiger partial charge is 0.277 e. The van der Waals surface area contributed by atoms with E-state index in [4.69, 9.17) is 0 Å². The van der Waals surface area contributed by atoms with Crippen LogP contribution in [0.3, 0.4) is 0 Å². The first-order valence-electron chi connectivity index (χ1n) is 7.31. The van der Waals surface area contributed by atoms with Crippen molar-refractivity contribution in [2.24, 2.45) is 0 Å². The number of carbonyl (C=O) groups excluding carboxylic acids is 1. The second-order valence-electron chi connectivity index (χ2n) is 5.24. The Bertz CT molecular complexity index is 859. The van der Waals surface area contributed by atoms with E-state index in [1.807, 2.05) is 0 Å². The Morgan fingerprint density at radius 3 is 2.62 bits per heavy atom. The molecule has 0 aliphatic heterocycles. The van der Waals surface area contributed by atoms with Crippen LogP contribution in [0.5, 0.6) is 0 Å². The Kier molecular flexibility index (Phi) is 4.35. The topological polar surface area (TPSA) is 80.0 Å². The van der Waals surface area contributed by atoms with E-state index in [0.29, 0.717) is 16.9 Å². The van der Waals surface area contributed by atoms with Gasteiger partial charge in [0.15, 0.2) is 5.69 Å². The van der Waals surface area contributed by atoms with Gasteiger partial charge in [-0.25, -0.2) is 9.07 Å². The fraction of sp³-hybridized carbons (Fsp3) is 0.118. The van der Waals surface area contributed by atoms with Gasteiger partial charge in [-0.3, -0.25) is 4.79 Å². The van der Waals surface area contributed by atoms with E-state index in [-0.39, 0.29) is 11.5 Å². The first-order valence-corrected chi connectivity index (χ1v) is 7.31. The Morgan fingerprint density at radius 1 is 1.21 bits per heavy atom. The summed E-state index contributed by atoms with van der Waals surface area (Å²) in [6.07, 6.45) is 0.740. The van der Waals surface area contributed by atoms with Gasteiger partial charge in [0.1, 0.15) is 5.82 Å². The average Bonchev–Trinajstić information content (AvgIpc) is 3.06. The molecule has 2 aromatic carbocycles. The SMILES string of the molecule is CC(O)c1ccccc1NC(=O)c1cn(-c2ccc(F)cc2)nn1. The van der Waals surface area contributed by atoms with Crippen molar-refractivity contribution in [2.75, 3.05) is 5.32 Å². The highest BCUT2D eigenvalue weighted by Crippen LogP contribution is 2.22. The van der Waals surface area contributed by atoms with Crippen LogP contribution in [-0.2, 0) is 0 Å². The zero-order valence-electron chi connectivity index (χ0n) is 12.8. The second-order valence-corrected chi connectivity index (χ2v) is 5.24. The summed E-state index contributed by atoms with van der Waals surface area (Å²) < 4.78 is 14.3. The molecule has 1 atom stereocenters. The third kappa shape index (κ3) is 3.31. The quantitative estimate of drug-likeness (QED) is 0.772. The van der Waals surface area contributed by atoms with Gasteiger partial charge < -0.3 is 10.4 Å².